The summed E-state index contributed by atoms with van der Waals surface area (Å²) in [6, 6.07) is 29.2. The number of hydrogen-bond acceptors (Lipinski definition) is 2. The average molecular weight is 284 g/mol. The van der Waals surface area contributed by atoms with Gasteiger partial charge < -0.3 is 5.32 Å². The van der Waals surface area contributed by atoms with Crippen LogP contribution >= 0.6 is 0 Å². The molecule has 1 aliphatic heterocycles. The number of nitrogens with zero attached hydrogens (tertiary/aromatic N) is 1. The van der Waals surface area contributed by atoms with E-state index in [-0.39, 0.29) is 6.17 Å². The lowest BCUT2D eigenvalue weighted by Crippen LogP contribution is -2.38. The van der Waals surface area contributed by atoms with Crippen molar-refractivity contribution in [2.45, 2.75) is 6.17 Å². The largest absolute Gasteiger partial charge is 0.344 e. The molecular formula is C20H16N2. The van der Waals surface area contributed by atoms with Crippen LogP contribution in [0.4, 0.5) is 0 Å². The lowest BCUT2D eigenvalue weighted by atomic mass is 10.0. The number of amidine groups is 1. The molecule has 106 valence electrons. The minimum absolute atomic E-state index is 0.0880. The van der Waals surface area contributed by atoms with E-state index in [4.69, 9.17) is 0 Å². The van der Waals surface area contributed by atoms with Gasteiger partial charge in [0.1, 0.15) is 12.0 Å². The van der Waals surface area contributed by atoms with Gasteiger partial charge in [0, 0.05) is 5.56 Å². The number of rotatable bonds is 3. The van der Waals surface area contributed by atoms with Crippen molar-refractivity contribution in [2.24, 2.45) is 4.99 Å². The lowest BCUT2D eigenvalue weighted by Gasteiger charge is -2.27. The highest BCUT2D eigenvalue weighted by molar-refractivity contribution is 6.02. The van der Waals surface area contributed by atoms with Crippen LogP contribution in [0.3, 0.4) is 0 Å². The topological polar surface area (TPSA) is 24.4 Å². The standard InChI is InChI=1S/C20H16N2/c1-3-7-15(8-4-1)16-11-13-18(14-12-16)20-21-19(22-20)17-9-5-2-6-10-17/h1-14,19H,(H,21,22). The van der Waals surface area contributed by atoms with E-state index in [0.29, 0.717) is 0 Å². The fraction of sp³-hybridized carbons (Fsp3) is 0.0500. The van der Waals surface area contributed by atoms with Gasteiger partial charge in [-0.25, -0.2) is 4.99 Å². The fourth-order valence-electron chi connectivity index (χ4n) is 2.66. The first-order valence-corrected chi connectivity index (χ1v) is 7.45. The Hall–Kier alpha value is -2.87. The summed E-state index contributed by atoms with van der Waals surface area (Å²) in [5, 5.41) is 3.42. The molecule has 1 heterocycles. The van der Waals surface area contributed by atoms with Crippen molar-refractivity contribution < 1.29 is 0 Å². The van der Waals surface area contributed by atoms with Crippen molar-refractivity contribution in [3.8, 4) is 11.1 Å². The van der Waals surface area contributed by atoms with Gasteiger partial charge >= 0.3 is 0 Å². The van der Waals surface area contributed by atoms with Crippen LogP contribution in [0.1, 0.15) is 17.3 Å². The summed E-state index contributed by atoms with van der Waals surface area (Å²) in [5.41, 5.74) is 4.79. The second kappa shape index (κ2) is 5.49. The summed E-state index contributed by atoms with van der Waals surface area (Å²) < 4.78 is 0. The minimum Gasteiger partial charge on any atom is -0.344 e. The van der Waals surface area contributed by atoms with Gasteiger partial charge in [0.25, 0.3) is 0 Å². The van der Waals surface area contributed by atoms with E-state index >= 15 is 0 Å². The average Bonchev–Trinajstić information content (AvgIpc) is 2.56. The van der Waals surface area contributed by atoms with Gasteiger partial charge in [0.05, 0.1) is 0 Å². The third kappa shape index (κ3) is 2.40. The van der Waals surface area contributed by atoms with Crippen LogP contribution in [-0.2, 0) is 0 Å². The molecule has 0 radical (unpaired) electrons. The van der Waals surface area contributed by atoms with Crippen LogP contribution < -0.4 is 5.32 Å². The van der Waals surface area contributed by atoms with E-state index in [1.54, 1.807) is 0 Å². The normalized spacial score (nSPS) is 16.4. The maximum absolute atomic E-state index is 4.67. The zero-order valence-corrected chi connectivity index (χ0v) is 12.1. The molecular weight excluding hydrogens is 268 g/mol. The molecule has 1 N–H and O–H groups in total. The van der Waals surface area contributed by atoms with Crippen molar-refractivity contribution in [1.29, 1.82) is 0 Å². The highest BCUT2D eigenvalue weighted by Crippen LogP contribution is 2.24. The Kier molecular flexibility index (Phi) is 3.20. The van der Waals surface area contributed by atoms with Gasteiger partial charge in [-0.15, -0.1) is 0 Å². The molecule has 0 bridgehead atoms. The van der Waals surface area contributed by atoms with Gasteiger partial charge in [0.2, 0.25) is 0 Å². The number of hydrogen-bond donors (Lipinski definition) is 1. The molecule has 3 aromatic carbocycles. The lowest BCUT2D eigenvalue weighted by molar-refractivity contribution is 0.616. The molecule has 1 atom stereocenters. The molecule has 1 aliphatic rings. The number of benzene rings is 3. The second-order valence-corrected chi connectivity index (χ2v) is 5.38. The van der Waals surface area contributed by atoms with Gasteiger partial charge in [-0.2, -0.15) is 0 Å². The second-order valence-electron chi connectivity index (χ2n) is 5.38. The Morgan fingerprint density at radius 2 is 1.09 bits per heavy atom. The van der Waals surface area contributed by atoms with E-state index in [9.17, 15) is 0 Å². The first-order chi connectivity index (χ1) is 10.9. The Morgan fingerprint density at radius 3 is 1.73 bits per heavy atom. The quantitative estimate of drug-likeness (QED) is 0.757. The van der Waals surface area contributed by atoms with Crippen molar-refractivity contribution in [1.82, 2.24) is 5.32 Å². The molecule has 1 unspecified atom stereocenters. The predicted octanol–water partition coefficient (Wildman–Crippen LogP) is 4.40. The Balaban J connectivity index is 1.53. The number of aliphatic imine (C=N–C) groups is 1. The van der Waals surface area contributed by atoms with Crippen LogP contribution in [0, 0.1) is 0 Å². The van der Waals surface area contributed by atoms with E-state index in [1.165, 1.54) is 16.7 Å². The molecule has 0 saturated carbocycles. The maximum Gasteiger partial charge on any atom is 0.148 e. The molecule has 0 amide bonds. The Morgan fingerprint density at radius 1 is 0.591 bits per heavy atom. The highest BCUT2D eigenvalue weighted by atomic mass is 15.2. The smallest absolute Gasteiger partial charge is 0.148 e. The van der Waals surface area contributed by atoms with Gasteiger partial charge in [-0.3, -0.25) is 0 Å². The maximum atomic E-state index is 4.67. The first kappa shape index (κ1) is 12.8. The van der Waals surface area contributed by atoms with Crippen LogP contribution in [0.5, 0.6) is 0 Å². The molecule has 0 aromatic heterocycles. The molecule has 0 aliphatic carbocycles. The zero-order chi connectivity index (χ0) is 14.8. The molecule has 0 fully saturated rings. The van der Waals surface area contributed by atoms with Gasteiger partial charge in [-0.05, 0) is 16.7 Å². The molecule has 2 nitrogen and oxygen atoms in total. The predicted molar refractivity (Wildman–Crippen MR) is 90.7 cm³/mol. The highest BCUT2D eigenvalue weighted by Gasteiger charge is 2.22. The first-order valence-electron chi connectivity index (χ1n) is 7.45. The summed E-state index contributed by atoms with van der Waals surface area (Å²) in [5.74, 6) is 0.966. The fourth-order valence-corrected chi connectivity index (χ4v) is 2.66. The van der Waals surface area contributed by atoms with E-state index in [2.05, 4.69) is 71.0 Å². The molecule has 4 rings (SSSR count). The van der Waals surface area contributed by atoms with Gasteiger partial charge in [0.15, 0.2) is 0 Å². The third-order valence-electron chi connectivity index (χ3n) is 3.91. The van der Waals surface area contributed by atoms with Crippen LogP contribution in [0.25, 0.3) is 11.1 Å². The molecule has 0 saturated heterocycles. The van der Waals surface area contributed by atoms with Crippen molar-refractivity contribution in [3.05, 3.63) is 96.1 Å². The van der Waals surface area contributed by atoms with Crippen molar-refractivity contribution >= 4 is 5.84 Å². The van der Waals surface area contributed by atoms with Crippen LogP contribution in [0.15, 0.2) is 89.9 Å². The van der Waals surface area contributed by atoms with Crippen LogP contribution in [0.2, 0.25) is 0 Å². The van der Waals surface area contributed by atoms with E-state index in [1.807, 2.05) is 24.3 Å². The summed E-state index contributed by atoms with van der Waals surface area (Å²) in [7, 11) is 0. The molecule has 3 aromatic rings. The van der Waals surface area contributed by atoms with Gasteiger partial charge in [-0.1, -0.05) is 84.9 Å². The monoisotopic (exact) mass is 284 g/mol. The van der Waals surface area contributed by atoms with E-state index in [0.717, 1.165) is 11.4 Å². The Labute approximate surface area is 130 Å². The van der Waals surface area contributed by atoms with Crippen molar-refractivity contribution in [3.63, 3.8) is 0 Å². The summed E-state index contributed by atoms with van der Waals surface area (Å²) >= 11 is 0. The SMILES string of the molecule is c1ccc(-c2ccc(C3=NC(c4ccccc4)N3)cc2)cc1. The van der Waals surface area contributed by atoms with E-state index < -0.39 is 0 Å². The zero-order valence-electron chi connectivity index (χ0n) is 12.1. The third-order valence-corrected chi connectivity index (χ3v) is 3.91. The molecule has 0 spiro atoms. The molecule has 2 heteroatoms. The van der Waals surface area contributed by atoms with Crippen LogP contribution in [-0.4, -0.2) is 5.84 Å². The minimum atomic E-state index is 0.0880. The van der Waals surface area contributed by atoms with Crippen molar-refractivity contribution in [2.75, 3.05) is 0 Å². The summed E-state index contributed by atoms with van der Waals surface area (Å²) in [6.07, 6.45) is 0.0880. The molecule has 22 heavy (non-hydrogen) atoms. The summed E-state index contributed by atoms with van der Waals surface area (Å²) in [6.45, 7) is 0. The number of nitrogens with one attached hydrogen (secondary N) is 1. The summed E-state index contributed by atoms with van der Waals surface area (Å²) in [4.78, 5) is 4.67. The Bertz CT molecular complexity index is 790.